The van der Waals surface area contributed by atoms with E-state index in [0.29, 0.717) is 5.41 Å². The molecule has 1 amide bonds. The molecule has 19 heavy (non-hydrogen) atoms. The number of nitrogens with one attached hydrogen (secondary N) is 2. The summed E-state index contributed by atoms with van der Waals surface area (Å²) in [7, 11) is 1.89. The van der Waals surface area contributed by atoms with Crippen LogP contribution < -0.4 is 10.6 Å². The lowest BCUT2D eigenvalue weighted by atomic mass is 9.91. The van der Waals surface area contributed by atoms with Gasteiger partial charge in [0.05, 0.1) is 12.2 Å². The molecule has 1 saturated heterocycles. The fourth-order valence-corrected chi connectivity index (χ4v) is 3.26. The van der Waals surface area contributed by atoms with Crippen molar-refractivity contribution in [3.05, 3.63) is 18.0 Å². The van der Waals surface area contributed by atoms with Crippen LogP contribution in [0.2, 0.25) is 0 Å². The van der Waals surface area contributed by atoms with Gasteiger partial charge in [-0.05, 0) is 44.7 Å². The molecule has 0 radical (unpaired) electrons. The van der Waals surface area contributed by atoms with Crippen LogP contribution in [0.5, 0.6) is 0 Å². The van der Waals surface area contributed by atoms with Gasteiger partial charge in [0.1, 0.15) is 0 Å². The zero-order chi connectivity index (χ0) is 13.5. The molecule has 0 bridgehead atoms. The number of piperidine rings is 1. The Morgan fingerprint density at radius 2 is 2.32 bits per heavy atom. The largest absolute Gasteiger partial charge is 0.349 e. The minimum atomic E-state index is 0.0422. The van der Waals surface area contributed by atoms with Crippen LogP contribution >= 0.6 is 0 Å². The Morgan fingerprint density at radius 1 is 1.58 bits per heavy atom. The molecule has 2 atom stereocenters. The summed E-state index contributed by atoms with van der Waals surface area (Å²) in [5, 5.41) is 10.6. The van der Waals surface area contributed by atoms with E-state index in [0.717, 1.165) is 37.9 Å². The Morgan fingerprint density at radius 3 is 2.95 bits per heavy atom. The predicted molar refractivity (Wildman–Crippen MR) is 72.4 cm³/mol. The molecule has 1 aromatic heterocycles. The average molecular weight is 262 g/mol. The van der Waals surface area contributed by atoms with Crippen molar-refractivity contribution in [2.45, 2.75) is 32.2 Å². The zero-order valence-corrected chi connectivity index (χ0v) is 11.6. The molecule has 3 rings (SSSR count). The number of aromatic nitrogens is 2. The Balaban J connectivity index is 1.57. The molecule has 5 heteroatoms. The summed E-state index contributed by atoms with van der Waals surface area (Å²) in [4.78, 5) is 12.3. The summed E-state index contributed by atoms with van der Waals surface area (Å²) in [5.74, 6) is 0.451. The standard InChI is InChI=1S/C14H22N4O/c1-10(11-8-16-18(2)9-11)17-13(19)12-7-14(12)3-5-15-6-4-14/h8-10,12,15H,3-7H2,1-2H3,(H,17,19). The van der Waals surface area contributed by atoms with E-state index in [1.54, 1.807) is 4.68 Å². The van der Waals surface area contributed by atoms with Crippen molar-refractivity contribution in [3.8, 4) is 0 Å². The SMILES string of the molecule is CC(NC(=O)C1CC12CCNCC2)c1cnn(C)c1. The van der Waals surface area contributed by atoms with E-state index in [4.69, 9.17) is 0 Å². The Bertz CT molecular complexity index is 476. The van der Waals surface area contributed by atoms with E-state index in [2.05, 4.69) is 15.7 Å². The summed E-state index contributed by atoms with van der Waals surface area (Å²) in [6.45, 7) is 4.14. The van der Waals surface area contributed by atoms with Crippen LogP contribution in [0.1, 0.15) is 37.8 Å². The molecule has 1 spiro atoms. The minimum absolute atomic E-state index is 0.0422. The van der Waals surface area contributed by atoms with Crippen LogP contribution in [0.15, 0.2) is 12.4 Å². The van der Waals surface area contributed by atoms with Gasteiger partial charge in [-0.3, -0.25) is 9.48 Å². The molecule has 2 N–H and O–H groups in total. The Labute approximate surface area is 113 Å². The molecule has 104 valence electrons. The fourth-order valence-electron chi connectivity index (χ4n) is 3.26. The second-order valence-corrected chi connectivity index (χ2v) is 6.05. The van der Waals surface area contributed by atoms with Gasteiger partial charge >= 0.3 is 0 Å². The van der Waals surface area contributed by atoms with E-state index >= 15 is 0 Å². The topological polar surface area (TPSA) is 59.0 Å². The number of amides is 1. The summed E-state index contributed by atoms with van der Waals surface area (Å²) in [6.07, 6.45) is 7.13. The predicted octanol–water partition coefficient (Wildman–Crippen LogP) is 0.987. The lowest BCUT2D eigenvalue weighted by Gasteiger charge is -2.23. The normalized spacial score (nSPS) is 26.1. The number of hydrogen-bond donors (Lipinski definition) is 2. The maximum Gasteiger partial charge on any atom is 0.224 e. The third-order valence-electron chi connectivity index (χ3n) is 4.69. The monoisotopic (exact) mass is 262 g/mol. The first-order valence-electron chi connectivity index (χ1n) is 7.10. The molecule has 1 aliphatic heterocycles. The molecule has 2 heterocycles. The van der Waals surface area contributed by atoms with Gasteiger partial charge in [-0.15, -0.1) is 0 Å². The van der Waals surface area contributed by atoms with Crippen molar-refractivity contribution in [2.24, 2.45) is 18.4 Å². The maximum atomic E-state index is 12.3. The van der Waals surface area contributed by atoms with Crippen LogP contribution in [0, 0.1) is 11.3 Å². The van der Waals surface area contributed by atoms with Gasteiger partial charge in [-0.25, -0.2) is 0 Å². The fraction of sp³-hybridized carbons (Fsp3) is 0.714. The molecule has 1 saturated carbocycles. The number of aryl methyl sites for hydroxylation is 1. The quantitative estimate of drug-likeness (QED) is 0.854. The summed E-state index contributed by atoms with van der Waals surface area (Å²) >= 11 is 0. The highest BCUT2D eigenvalue weighted by Gasteiger charge is 2.57. The molecule has 5 nitrogen and oxygen atoms in total. The number of carbonyl (C=O) groups is 1. The van der Waals surface area contributed by atoms with Gasteiger partial charge in [0.15, 0.2) is 0 Å². The van der Waals surface area contributed by atoms with Crippen molar-refractivity contribution in [2.75, 3.05) is 13.1 Å². The second kappa shape index (κ2) is 4.63. The number of nitrogens with zero attached hydrogens (tertiary/aromatic N) is 2. The second-order valence-electron chi connectivity index (χ2n) is 6.05. The molecule has 2 unspecified atom stereocenters. The lowest BCUT2D eigenvalue weighted by Crippen LogP contribution is -2.34. The summed E-state index contributed by atoms with van der Waals surface area (Å²) < 4.78 is 1.77. The van der Waals surface area contributed by atoms with Crippen LogP contribution in [0.3, 0.4) is 0 Å². The Kier molecular flexibility index (Phi) is 3.09. The van der Waals surface area contributed by atoms with E-state index in [1.807, 2.05) is 26.4 Å². The zero-order valence-electron chi connectivity index (χ0n) is 11.6. The Hall–Kier alpha value is -1.36. The third-order valence-corrected chi connectivity index (χ3v) is 4.69. The number of rotatable bonds is 3. The summed E-state index contributed by atoms with van der Waals surface area (Å²) in [6, 6.07) is 0.0422. The molecular formula is C14H22N4O. The van der Waals surface area contributed by atoms with Crippen molar-refractivity contribution in [1.82, 2.24) is 20.4 Å². The van der Waals surface area contributed by atoms with Gasteiger partial charge in [0, 0.05) is 24.7 Å². The highest BCUT2D eigenvalue weighted by Crippen LogP contribution is 2.58. The third kappa shape index (κ3) is 2.39. The minimum Gasteiger partial charge on any atom is -0.349 e. The molecule has 2 aliphatic rings. The van der Waals surface area contributed by atoms with Crippen molar-refractivity contribution >= 4 is 5.91 Å². The first-order valence-corrected chi connectivity index (χ1v) is 7.10. The van der Waals surface area contributed by atoms with Crippen molar-refractivity contribution in [1.29, 1.82) is 0 Å². The molecule has 1 aromatic rings. The van der Waals surface area contributed by atoms with Gasteiger partial charge in [-0.1, -0.05) is 0 Å². The van der Waals surface area contributed by atoms with Gasteiger partial charge in [-0.2, -0.15) is 5.10 Å². The first kappa shape index (κ1) is 12.7. The van der Waals surface area contributed by atoms with Crippen LogP contribution in [0.25, 0.3) is 0 Å². The summed E-state index contributed by atoms with van der Waals surface area (Å²) in [5.41, 5.74) is 1.38. The van der Waals surface area contributed by atoms with Crippen molar-refractivity contribution in [3.63, 3.8) is 0 Å². The molecule has 1 aliphatic carbocycles. The van der Waals surface area contributed by atoms with E-state index < -0.39 is 0 Å². The van der Waals surface area contributed by atoms with Crippen LogP contribution in [-0.4, -0.2) is 28.8 Å². The van der Waals surface area contributed by atoms with Gasteiger partial charge < -0.3 is 10.6 Å². The van der Waals surface area contributed by atoms with Gasteiger partial charge in [0.25, 0.3) is 0 Å². The number of carbonyl (C=O) groups excluding carboxylic acids is 1. The average Bonchev–Trinajstić information content (AvgIpc) is 2.89. The lowest BCUT2D eigenvalue weighted by molar-refractivity contribution is -0.123. The van der Waals surface area contributed by atoms with Crippen LogP contribution in [0.4, 0.5) is 0 Å². The first-order chi connectivity index (χ1) is 9.11. The maximum absolute atomic E-state index is 12.3. The van der Waals surface area contributed by atoms with E-state index in [-0.39, 0.29) is 17.9 Å². The smallest absolute Gasteiger partial charge is 0.224 e. The highest BCUT2D eigenvalue weighted by molar-refractivity contribution is 5.83. The molecule has 0 aromatic carbocycles. The highest BCUT2D eigenvalue weighted by atomic mass is 16.2. The van der Waals surface area contributed by atoms with E-state index in [1.165, 1.54) is 0 Å². The van der Waals surface area contributed by atoms with Gasteiger partial charge in [0.2, 0.25) is 5.91 Å². The van der Waals surface area contributed by atoms with Crippen LogP contribution in [-0.2, 0) is 11.8 Å². The number of hydrogen-bond acceptors (Lipinski definition) is 3. The van der Waals surface area contributed by atoms with Crippen molar-refractivity contribution < 1.29 is 4.79 Å². The molecular weight excluding hydrogens is 240 g/mol. The van der Waals surface area contributed by atoms with E-state index in [9.17, 15) is 4.79 Å². The molecule has 2 fully saturated rings.